The molecule has 0 unspecified atom stereocenters. The van der Waals surface area contributed by atoms with Gasteiger partial charge in [-0.3, -0.25) is 14.9 Å². The van der Waals surface area contributed by atoms with E-state index in [0.717, 1.165) is 5.69 Å². The Morgan fingerprint density at radius 1 is 1.21 bits per heavy atom. The van der Waals surface area contributed by atoms with Crippen molar-refractivity contribution in [2.45, 2.75) is 31.4 Å². The highest BCUT2D eigenvalue weighted by Crippen LogP contribution is 2.32. The Morgan fingerprint density at radius 3 is 2.71 bits per heavy atom. The molecule has 1 saturated carbocycles. The van der Waals surface area contributed by atoms with Crippen molar-refractivity contribution in [3.63, 3.8) is 0 Å². The van der Waals surface area contributed by atoms with Crippen LogP contribution >= 0.6 is 0 Å². The fourth-order valence-corrected chi connectivity index (χ4v) is 3.55. The normalized spacial score (nSPS) is 19.6. The van der Waals surface area contributed by atoms with E-state index in [-0.39, 0.29) is 29.7 Å². The van der Waals surface area contributed by atoms with Crippen molar-refractivity contribution >= 4 is 5.91 Å². The second kappa shape index (κ2) is 7.82. The van der Waals surface area contributed by atoms with Gasteiger partial charge in [-0.05, 0) is 49.1 Å². The third kappa shape index (κ3) is 3.89. The van der Waals surface area contributed by atoms with Crippen molar-refractivity contribution in [1.29, 1.82) is 0 Å². The number of carbonyl (C=O) groups excluding carboxylic acids is 1. The Hall–Kier alpha value is -3.19. The van der Waals surface area contributed by atoms with Gasteiger partial charge in [0.15, 0.2) is 0 Å². The molecule has 1 aliphatic rings. The van der Waals surface area contributed by atoms with Crippen LogP contribution in [-0.2, 0) is 6.42 Å². The van der Waals surface area contributed by atoms with Crippen LogP contribution in [0.1, 0.15) is 29.0 Å². The quantitative estimate of drug-likeness (QED) is 0.526. The van der Waals surface area contributed by atoms with Gasteiger partial charge in [0.05, 0.1) is 11.8 Å². The molecular weight excluding hydrogens is 356 g/mol. The number of para-hydroxylation sites is 1. The van der Waals surface area contributed by atoms with Gasteiger partial charge >= 0.3 is 0 Å². The van der Waals surface area contributed by atoms with Gasteiger partial charge in [-0.15, -0.1) is 0 Å². The number of phenols is 1. The van der Waals surface area contributed by atoms with Gasteiger partial charge in [0, 0.05) is 29.9 Å². The summed E-state index contributed by atoms with van der Waals surface area (Å²) in [7, 11) is 0. The molecule has 1 amide bonds. The van der Waals surface area contributed by atoms with E-state index in [0.29, 0.717) is 36.2 Å². The summed E-state index contributed by atoms with van der Waals surface area (Å²) in [6, 6.07) is 14.1. The summed E-state index contributed by atoms with van der Waals surface area (Å²) in [5.74, 6) is 0.0513. The Labute approximate surface area is 162 Å². The number of carbonyl (C=O) groups is 1. The van der Waals surface area contributed by atoms with Gasteiger partial charge in [-0.1, -0.05) is 18.2 Å². The largest absolute Gasteiger partial charge is 0.507 e. The number of aliphatic hydroxyl groups excluding tert-OH is 1. The van der Waals surface area contributed by atoms with Gasteiger partial charge in [-0.25, -0.2) is 0 Å². The van der Waals surface area contributed by atoms with Crippen LogP contribution in [0.5, 0.6) is 5.75 Å². The van der Waals surface area contributed by atoms with Gasteiger partial charge < -0.3 is 15.5 Å². The maximum Gasteiger partial charge on any atom is 0.269 e. The van der Waals surface area contributed by atoms with Crippen LogP contribution in [0.25, 0.3) is 11.3 Å². The number of rotatable bonds is 6. The number of hydrogen-bond acceptors (Lipinski definition) is 5. The van der Waals surface area contributed by atoms with Crippen LogP contribution in [0.2, 0.25) is 0 Å². The number of aromatic hydroxyl groups is 1. The third-order valence-corrected chi connectivity index (χ3v) is 5.19. The number of nitrogens with one attached hydrogen (secondary N) is 2. The summed E-state index contributed by atoms with van der Waals surface area (Å²) in [4.78, 5) is 17.1. The molecule has 2 heterocycles. The van der Waals surface area contributed by atoms with Crippen molar-refractivity contribution < 1.29 is 15.0 Å². The average molecular weight is 378 g/mol. The molecule has 0 radical (unpaired) electrons. The summed E-state index contributed by atoms with van der Waals surface area (Å²) in [6.45, 7) is 0. The van der Waals surface area contributed by atoms with Gasteiger partial charge in [0.2, 0.25) is 0 Å². The fraction of sp³-hybridized carbons (Fsp3) is 0.286. The van der Waals surface area contributed by atoms with Gasteiger partial charge in [-0.2, -0.15) is 5.10 Å². The van der Waals surface area contributed by atoms with Crippen molar-refractivity contribution in [2.75, 3.05) is 0 Å². The maximum absolute atomic E-state index is 12.8. The zero-order valence-electron chi connectivity index (χ0n) is 15.2. The first-order chi connectivity index (χ1) is 13.6. The zero-order chi connectivity index (χ0) is 19.5. The van der Waals surface area contributed by atoms with Crippen molar-refractivity contribution in [3.05, 3.63) is 66.1 Å². The van der Waals surface area contributed by atoms with E-state index < -0.39 is 0 Å². The Kier molecular flexibility index (Phi) is 5.08. The number of pyridine rings is 1. The Bertz CT molecular complexity index is 951. The molecule has 0 aliphatic heterocycles. The average Bonchev–Trinajstić information content (AvgIpc) is 3.16. The second-order valence-corrected chi connectivity index (χ2v) is 7.17. The van der Waals surface area contributed by atoms with Crippen molar-refractivity contribution in [3.8, 4) is 17.0 Å². The zero-order valence-corrected chi connectivity index (χ0v) is 15.2. The van der Waals surface area contributed by atoms with Gasteiger partial charge in [0.1, 0.15) is 11.4 Å². The van der Waals surface area contributed by atoms with E-state index in [1.807, 2.05) is 18.2 Å². The Balaban J connectivity index is 1.49. The monoisotopic (exact) mass is 378 g/mol. The molecule has 1 atom stereocenters. The highest BCUT2D eigenvalue weighted by molar-refractivity contribution is 5.93. The van der Waals surface area contributed by atoms with Crippen LogP contribution in [0, 0.1) is 5.92 Å². The number of nitrogens with zero attached hydrogens (tertiary/aromatic N) is 2. The molecule has 1 aromatic carbocycles. The van der Waals surface area contributed by atoms with E-state index in [2.05, 4.69) is 20.5 Å². The first kappa shape index (κ1) is 18.2. The van der Waals surface area contributed by atoms with Crippen LogP contribution in [0.15, 0.2) is 54.7 Å². The summed E-state index contributed by atoms with van der Waals surface area (Å²) in [5, 5.41) is 29.6. The summed E-state index contributed by atoms with van der Waals surface area (Å²) < 4.78 is 0. The maximum atomic E-state index is 12.8. The van der Waals surface area contributed by atoms with Crippen LogP contribution in [-0.4, -0.2) is 43.4 Å². The molecule has 28 heavy (non-hydrogen) atoms. The minimum Gasteiger partial charge on any atom is -0.507 e. The van der Waals surface area contributed by atoms with Crippen LogP contribution < -0.4 is 5.32 Å². The molecule has 144 valence electrons. The number of phenolic OH excluding ortho intramolecular Hbond substituents is 1. The number of aliphatic hydroxyl groups is 1. The molecule has 2 aromatic heterocycles. The number of hydrogen-bond donors (Lipinski definition) is 4. The number of amides is 1. The highest BCUT2D eigenvalue weighted by Gasteiger charge is 2.35. The van der Waals surface area contributed by atoms with E-state index >= 15 is 0 Å². The lowest BCUT2D eigenvalue weighted by atomic mass is 9.76. The summed E-state index contributed by atoms with van der Waals surface area (Å²) in [6.07, 6.45) is 3.38. The molecule has 4 rings (SSSR count). The van der Waals surface area contributed by atoms with E-state index in [1.54, 1.807) is 36.5 Å². The predicted octanol–water partition coefficient (Wildman–Crippen LogP) is 2.29. The Morgan fingerprint density at radius 2 is 2.00 bits per heavy atom. The molecule has 0 bridgehead atoms. The standard InChI is InChI=1S/C21H22N4O3/c26-15-9-13(10-15)17(11-14-5-3-4-8-22-14)23-21(28)19-12-18(24-25-19)16-6-1-2-7-20(16)27/h1-8,12-13,15,17,26-27H,9-11H2,(H,23,28)(H,24,25)/t13?,15?,17-/m0/s1. The molecule has 1 aliphatic carbocycles. The number of H-pyrrole nitrogens is 1. The SMILES string of the molecule is O=C(N[C@@H](Cc1ccccn1)C1CC(O)C1)c1cc(-c2ccccc2O)n[nH]1. The molecule has 4 N–H and O–H groups in total. The summed E-state index contributed by atoms with van der Waals surface area (Å²) in [5.41, 5.74) is 2.28. The third-order valence-electron chi connectivity index (χ3n) is 5.19. The lowest BCUT2D eigenvalue weighted by Crippen LogP contribution is -2.48. The van der Waals surface area contributed by atoms with Crippen molar-refractivity contribution in [1.82, 2.24) is 20.5 Å². The van der Waals surface area contributed by atoms with Crippen LogP contribution in [0.3, 0.4) is 0 Å². The molecular formula is C21H22N4O3. The van der Waals surface area contributed by atoms with Crippen LogP contribution in [0.4, 0.5) is 0 Å². The van der Waals surface area contributed by atoms with E-state index in [4.69, 9.17) is 0 Å². The first-order valence-corrected chi connectivity index (χ1v) is 9.33. The topological polar surface area (TPSA) is 111 Å². The predicted molar refractivity (Wildman–Crippen MR) is 104 cm³/mol. The van der Waals surface area contributed by atoms with E-state index in [9.17, 15) is 15.0 Å². The molecule has 7 heteroatoms. The minimum atomic E-state index is -0.298. The number of aromatic nitrogens is 3. The minimum absolute atomic E-state index is 0.109. The summed E-state index contributed by atoms with van der Waals surface area (Å²) >= 11 is 0. The molecule has 7 nitrogen and oxygen atoms in total. The lowest BCUT2D eigenvalue weighted by molar-refractivity contribution is 0.0237. The first-order valence-electron chi connectivity index (χ1n) is 9.33. The number of aromatic amines is 1. The molecule has 0 saturated heterocycles. The van der Waals surface area contributed by atoms with Crippen molar-refractivity contribution in [2.24, 2.45) is 5.92 Å². The number of benzene rings is 1. The molecule has 3 aromatic rings. The van der Waals surface area contributed by atoms with E-state index in [1.165, 1.54) is 0 Å². The fourth-order valence-electron chi connectivity index (χ4n) is 3.55. The lowest BCUT2D eigenvalue weighted by Gasteiger charge is -2.38. The second-order valence-electron chi connectivity index (χ2n) is 7.17. The molecule has 0 spiro atoms. The smallest absolute Gasteiger partial charge is 0.269 e. The highest BCUT2D eigenvalue weighted by atomic mass is 16.3. The van der Waals surface area contributed by atoms with Gasteiger partial charge in [0.25, 0.3) is 5.91 Å². The molecule has 1 fully saturated rings.